The zero-order chi connectivity index (χ0) is 15.2. The van der Waals surface area contributed by atoms with Gasteiger partial charge in [0.15, 0.2) is 6.29 Å². The number of hydrogen-bond donors (Lipinski definition) is 1. The van der Waals surface area contributed by atoms with Crippen LogP contribution >= 0.6 is 0 Å². The maximum Gasteiger partial charge on any atom is 0.226 e. The van der Waals surface area contributed by atoms with Crippen LogP contribution in [0.15, 0.2) is 42.6 Å². The SMILES string of the molecule is CN(C)c1ccc(NC(=O)CCn2cccc2C=O)cc1. The lowest BCUT2D eigenvalue weighted by molar-refractivity contribution is -0.116. The molecule has 0 bridgehead atoms. The number of carbonyl (C=O) groups excluding carboxylic acids is 2. The number of hydrogen-bond acceptors (Lipinski definition) is 3. The third kappa shape index (κ3) is 3.95. The van der Waals surface area contributed by atoms with Crippen LogP contribution in [0, 0.1) is 0 Å². The summed E-state index contributed by atoms with van der Waals surface area (Å²) in [5.41, 5.74) is 2.43. The maximum atomic E-state index is 11.9. The smallest absolute Gasteiger partial charge is 0.226 e. The summed E-state index contributed by atoms with van der Waals surface area (Å²) in [7, 11) is 3.94. The summed E-state index contributed by atoms with van der Waals surface area (Å²) in [4.78, 5) is 24.7. The molecular formula is C16H19N3O2. The Hall–Kier alpha value is -2.56. The van der Waals surface area contributed by atoms with Crippen molar-refractivity contribution in [1.82, 2.24) is 4.57 Å². The highest BCUT2D eigenvalue weighted by Gasteiger charge is 2.05. The van der Waals surface area contributed by atoms with Crippen molar-refractivity contribution in [2.45, 2.75) is 13.0 Å². The van der Waals surface area contributed by atoms with Crippen molar-refractivity contribution in [2.24, 2.45) is 0 Å². The molecule has 0 saturated carbocycles. The summed E-state index contributed by atoms with van der Waals surface area (Å²) in [6.45, 7) is 0.489. The van der Waals surface area contributed by atoms with E-state index in [-0.39, 0.29) is 5.91 Å². The standard InChI is InChI=1S/C16H19N3O2/c1-18(2)14-7-5-13(6-8-14)17-16(21)9-11-19-10-3-4-15(19)12-20/h3-8,10,12H,9,11H2,1-2H3,(H,17,21). The first-order valence-corrected chi connectivity index (χ1v) is 6.77. The Balaban J connectivity index is 1.88. The zero-order valence-electron chi connectivity index (χ0n) is 12.2. The topological polar surface area (TPSA) is 54.3 Å². The molecule has 0 unspecified atom stereocenters. The number of nitrogens with zero attached hydrogens (tertiary/aromatic N) is 2. The van der Waals surface area contributed by atoms with Crippen molar-refractivity contribution in [3.05, 3.63) is 48.3 Å². The minimum Gasteiger partial charge on any atom is -0.378 e. The minimum absolute atomic E-state index is 0.0712. The van der Waals surface area contributed by atoms with Crippen LogP contribution in [0.5, 0.6) is 0 Å². The lowest BCUT2D eigenvalue weighted by Crippen LogP contribution is -2.15. The number of anilines is 2. The molecule has 0 aliphatic heterocycles. The lowest BCUT2D eigenvalue weighted by Gasteiger charge is -2.13. The van der Waals surface area contributed by atoms with Crippen LogP contribution in [0.1, 0.15) is 16.9 Å². The molecule has 2 rings (SSSR count). The van der Waals surface area contributed by atoms with Crippen LogP contribution in [-0.2, 0) is 11.3 Å². The van der Waals surface area contributed by atoms with E-state index in [0.29, 0.717) is 18.7 Å². The van der Waals surface area contributed by atoms with Crippen LogP contribution < -0.4 is 10.2 Å². The summed E-state index contributed by atoms with van der Waals surface area (Å²) in [5.74, 6) is -0.0712. The van der Waals surface area contributed by atoms with E-state index in [1.807, 2.05) is 43.3 Å². The van der Waals surface area contributed by atoms with Gasteiger partial charge in [0.25, 0.3) is 0 Å². The number of benzene rings is 1. The van der Waals surface area contributed by atoms with E-state index in [4.69, 9.17) is 0 Å². The Bertz CT molecular complexity index is 615. The average Bonchev–Trinajstić information content (AvgIpc) is 2.93. The van der Waals surface area contributed by atoms with E-state index in [0.717, 1.165) is 17.7 Å². The van der Waals surface area contributed by atoms with Crippen molar-refractivity contribution in [3.63, 3.8) is 0 Å². The van der Waals surface area contributed by atoms with Gasteiger partial charge in [-0.15, -0.1) is 0 Å². The summed E-state index contributed by atoms with van der Waals surface area (Å²) >= 11 is 0. The van der Waals surface area contributed by atoms with Gasteiger partial charge in [-0.3, -0.25) is 9.59 Å². The average molecular weight is 285 g/mol. The number of nitrogens with one attached hydrogen (secondary N) is 1. The van der Waals surface area contributed by atoms with Gasteiger partial charge in [-0.2, -0.15) is 0 Å². The fraction of sp³-hybridized carbons (Fsp3) is 0.250. The maximum absolute atomic E-state index is 11.9. The second-order valence-electron chi connectivity index (χ2n) is 4.98. The molecular weight excluding hydrogens is 266 g/mol. The largest absolute Gasteiger partial charge is 0.378 e. The molecule has 0 radical (unpaired) electrons. The van der Waals surface area contributed by atoms with Gasteiger partial charge in [0.2, 0.25) is 5.91 Å². The molecule has 1 aromatic carbocycles. The van der Waals surface area contributed by atoms with E-state index < -0.39 is 0 Å². The minimum atomic E-state index is -0.0712. The van der Waals surface area contributed by atoms with Crippen molar-refractivity contribution in [2.75, 3.05) is 24.3 Å². The van der Waals surface area contributed by atoms with E-state index in [2.05, 4.69) is 5.32 Å². The number of rotatable bonds is 6. The highest BCUT2D eigenvalue weighted by Crippen LogP contribution is 2.15. The third-order valence-electron chi connectivity index (χ3n) is 3.23. The van der Waals surface area contributed by atoms with Crippen LogP contribution in [0.2, 0.25) is 0 Å². The van der Waals surface area contributed by atoms with Crippen molar-refractivity contribution < 1.29 is 9.59 Å². The van der Waals surface area contributed by atoms with Gasteiger partial charge >= 0.3 is 0 Å². The second-order valence-corrected chi connectivity index (χ2v) is 4.98. The van der Waals surface area contributed by atoms with Gasteiger partial charge in [-0.05, 0) is 36.4 Å². The normalized spacial score (nSPS) is 10.2. The van der Waals surface area contributed by atoms with Gasteiger partial charge < -0.3 is 14.8 Å². The molecule has 0 fully saturated rings. The highest BCUT2D eigenvalue weighted by atomic mass is 16.1. The van der Waals surface area contributed by atoms with Gasteiger partial charge in [0.05, 0.1) is 5.69 Å². The Morgan fingerprint density at radius 2 is 1.95 bits per heavy atom. The zero-order valence-corrected chi connectivity index (χ0v) is 12.2. The molecule has 0 aliphatic carbocycles. The molecule has 1 amide bonds. The molecule has 0 aliphatic rings. The molecule has 5 nitrogen and oxygen atoms in total. The van der Waals surface area contributed by atoms with Gasteiger partial charge in [-0.1, -0.05) is 0 Å². The number of aromatic nitrogens is 1. The number of amides is 1. The highest BCUT2D eigenvalue weighted by molar-refractivity contribution is 5.90. The van der Waals surface area contributed by atoms with E-state index >= 15 is 0 Å². The molecule has 0 saturated heterocycles. The molecule has 1 heterocycles. The first-order valence-electron chi connectivity index (χ1n) is 6.77. The number of aldehydes is 1. The quantitative estimate of drug-likeness (QED) is 0.829. The monoisotopic (exact) mass is 285 g/mol. The van der Waals surface area contributed by atoms with Gasteiger partial charge in [0, 0.05) is 44.6 Å². The van der Waals surface area contributed by atoms with Crippen molar-refractivity contribution >= 4 is 23.6 Å². The fourth-order valence-corrected chi connectivity index (χ4v) is 2.03. The van der Waals surface area contributed by atoms with Crippen LogP contribution in [0.3, 0.4) is 0 Å². The first-order chi connectivity index (χ1) is 10.1. The van der Waals surface area contributed by atoms with E-state index in [1.165, 1.54) is 0 Å². The Labute approximate surface area is 124 Å². The van der Waals surface area contributed by atoms with Gasteiger partial charge in [0.1, 0.15) is 0 Å². The van der Waals surface area contributed by atoms with Crippen LogP contribution in [0.25, 0.3) is 0 Å². The fourth-order valence-electron chi connectivity index (χ4n) is 2.03. The summed E-state index contributed by atoms with van der Waals surface area (Å²) in [5, 5.41) is 2.85. The first kappa shape index (κ1) is 14.8. The Morgan fingerprint density at radius 3 is 2.57 bits per heavy atom. The molecule has 1 aromatic heterocycles. The molecule has 21 heavy (non-hydrogen) atoms. The molecule has 2 aromatic rings. The van der Waals surface area contributed by atoms with E-state index in [1.54, 1.807) is 22.9 Å². The molecule has 1 N–H and O–H groups in total. The number of aryl methyl sites for hydroxylation is 1. The van der Waals surface area contributed by atoms with E-state index in [9.17, 15) is 9.59 Å². The molecule has 0 atom stereocenters. The number of carbonyl (C=O) groups is 2. The summed E-state index contributed by atoms with van der Waals surface area (Å²) in [6, 6.07) is 11.2. The van der Waals surface area contributed by atoms with Gasteiger partial charge in [-0.25, -0.2) is 0 Å². The Kier molecular flexibility index (Phi) is 4.77. The van der Waals surface area contributed by atoms with Crippen molar-refractivity contribution in [1.29, 1.82) is 0 Å². The second kappa shape index (κ2) is 6.74. The Morgan fingerprint density at radius 1 is 1.24 bits per heavy atom. The molecule has 5 heteroatoms. The molecule has 0 spiro atoms. The predicted molar refractivity (Wildman–Crippen MR) is 83.8 cm³/mol. The van der Waals surface area contributed by atoms with Crippen molar-refractivity contribution in [3.8, 4) is 0 Å². The summed E-state index contributed by atoms with van der Waals surface area (Å²) < 4.78 is 1.77. The van der Waals surface area contributed by atoms with Crippen LogP contribution in [-0.4, -0.2) is 30.9 Å². The molecule has 110 valence electrons. The third-order valence-corrected chi connectivity index (χ3v) is 3.23. The predicted octanol–water partition coefficient (Wildman–Crippen LogP) is 2.40. The summed E-state index contributed by atoms with van der Waals surface area (Å²) in [6.07, 6.45) is 2.91. The lowest BCUT2D eigenvalue weighted by atomic mass is 10.2. The van der Waals surface area contributed by atoms with Crippen LogP contribution in [0.4, 0.5) is 11.4 Å².